The van der Waals surface area contributed by atoms with E-state index in [0.717, 1.165) is 24.2 Å². The van der Waals surface area contributed by atoms with Gasteiger partial charge in [-0.05, 0) is 61.7 Å². The number of esters is 1. The second-order valence-electron chi connectivity index (χ2n) is 6.35. The zero-order chi connectivity index (χ0) is 19.2. The lowest BCUT2D eigenvalue weighted by Gasteiger charge is -2.25. The Morgan fingerprint density at radius 3 is 2.44 bits per heavy atom. The predicted molar refractivity (Wildman–Crippen MR) is 103 cm³/mol. The highest BCUT2D eigenvalue weighted by atomic mass is 16.5. The number of nitrogens with one attached hydrogen (secondary N) is 1. The van der Waals surface area contributed by atoms with Crippen molar-refractivity contribution in [2.45, 2.75) is 25.8 Å². The third kappa shape index (κ3) is 4.39. The molecule has 0 unspecified atom stereocenters. The Kier molecular flexibility index (Phi) is 5.96. The van der Waals surface area contributed by atoms with Crippen molar-refractivity contribution in [1.82, 2.24) is 4.90 Å². The van der Waals surface area contributed by atoms with Gasteiger partial charge in [-0.15, -0.1) is 0 Å². The largest absolute Gasteiger partial charge is 0.494 e. The molecule has 1 N–H and O–H groups in total. The highest BCUT2D eigenvalue weighted by Crippen LogP contribution is 2.33. The van der Waals surface area contributed by atoms with E-state index in [1.165, 1.54) is 7.11 Å². The summed E-state index contributed by atoms with van der Waals surface area (Å²) in [6, 6.07) is 14.5. The fraction of sp³-hybridized carbons (Fsp3) is 0.333. The number of urea groups is 1. The Hall–Kier alpha value is -3.02. The maximum atomic E-state index is 12.7. The van der Waals surface area contributed by atoms with Gasteiger partial charge in [0.2, 0.25) is 0 Å². The molecule has 0 radical (unpaired) electrons. The lowest BCUT2D eigenvalue weighted by molar-refractivity contribution is 0.0600. The normalized spacial score (nSPS) is 16.1. The molecule has 1 aliphatic rings. The van der Waals surface area contributed by atoms with Crippen LogP contribution in [0.3, 0.4) is 0 Å². The van der Waals surface area contributed by atoms with Crippen molar-refractivity contribution >= 4 is 17.7 Å². The SMILES string of the molecule is CCOc1ccc([C@@H]2CCCN2C(=O)Nc2ccc(C(=O)OC)cc2)cc1. The first-order chi connectivity index (χ1) is 13.1. The fourth-order valence-corrected chi connectivity index (χ4v) is 3.31. The van der Waals surface area contributed by atoms with Crippen LogP contribution in [0.1, 0.15) is 41.7 Å². The molecule has 27 heavy (non-hydrogen) atoms. The zero-order valence-corrected chi connectivity index (χ0v) is 15.6. The number of amides is 2. The number of likely N-dealkylation sites (tertiary alicyclic amines) is 1. The average molecular weight is 368 g/mol. The molecule has 1 fully saturated rings. The van der Waals surface area contributed by atoms with Crippen molar-refractivity contribution in [3.8, 4) is 5.75 Å². The van der Waals surface area contributed by atoms with Gasteiger partial charge in [-0.3, -0.25) is 0 Å². The fourth-order valence-electron chi connectivity index (χ4n) is 3.31. The minimum atomic E-state index is -0.400. The van der Waals surface area contributed by atoms with Crippen LogP contribution in [0.4, 0.5) is 10.5 Å². The van der Waals surface area contributed by atoms with Gasteiger partial charge in [-0.2, -0.15) is 0 Å². The molecule has 1 saturated heterocycles. The summed E-state index contributed by atoms with van der Waals surface area (Å²) in [5, 5.41) is 2.91. The zero-order valence-electron chi connectivity index (χ0n) is 15.6. The highest BCUT2D eigenvalue weighted by molar-refractivity contribution is 5.92. The standard InChI is InChI=1S/C21H24N2O4/c1-3-27-18-12-8-15(9-13-18)19-5-4-14-23(19)21(25)22-17-10-6-16(7-11-17)20(24)26-2/h6-13,19H,3-5,14H2,1-2H3,(H,22,25)/t19-/m0/s1. The van der Waals surface area contributed by atoms with Crippen molar-refractivity contribution in [3.63, 3.8) is 0 Å². The molecule has 1 atom stereocenters. The molecular formula is C21H24N2O4. The third-order valence-corrected chi connectivity index (χ3v) is 4.65. The van der Waals surface area contributed by atoms with E-state index in [9.17, 15) is 9.59 Å². The second-order valence-corrected chi connectivity index (χ2v) is 6.35. The predicted octanol–water partition coefficient (Wildman–Crippen LogP) is 4.24. The summed E-state index contributed by atoms with van der Waals surface area (Å²) in [4.78, 5) is 26.1. The molecule has 0 bridgehead atoms. The summed E-state index contributed by atoms with van der Waals surface area (Å²) in [6.07, 6.45) is 1.90. The number of hydrogen-bond donors (Lipinski definition) is 1. The van der Waals surface area contributed by atoms with E-state index in [4.69, 9.17) is 4.74 Å². The quantitative estimate of drug-likeness (QED) is 0.802. The van der Waals surface area contributed by atoms with Crippen LogP contribution >= 0.6 is 0 Å². The van der Waals surface area contributed by atoms with Gasteiger partial charge in [0.15, 0.2) is 0 Å². The minimum Gasteiger partial charge on any atom is -0.494 e. The Morgan fingerprint density at radius 1 is 1.11 bits per heavy atom. The van der Waals surface area contributed by atoms with Crippen LogP contribution in [0.5, 0.6) is 5.75 Å². The molecule has 1 heterocycles. The molecule has 0 saturated carbocycles. The number of anilines is 1. The summed E-state index contributed by atoms with van der Waals surface area (Å²) < 4.78 is 10.2. The van der Waals surface area contributed by atoms with E-state index in [-0.39, 0.29) is 12.1 Å². The lowest BCUT2D eigenvalue weighted by atomic mass is 10.0. The molecule has 1 aliphatic heterocycles. The number of benzene rings is 2. The van der Waals surface area contributed by atoms with Gasteiger partial charge in [-0.1, -0.05) is 12.1 Å². The molecule has 6 heteroatoms. The van der Waals surface area contributed by atoms with Crippen LogP contribution in [0, 0.1) is 0 Å². The van der Waals surface area contributed by atoms with Crippen molar-refractivity contribution in [2.75, 3.05) is 25.6 Å². The van der Waals surface area contributed by atoms with E-state index >= 15 is 0 Å². The average Bonchev–Trinajstić information content (AvgIpc) is 3.19. The maximum absolute atomic E-state index is 12.7. The molecule has 2 aromatic rings. The summed E-state index contributed by atoms with van der Waals surface area (Å²) in [7, 11) is 1.34. The van der Waals surface area contributed by atoms with E-state index in [0.29, 0.717) is 24.4 Å². The number of carbonyl (C=O) groups is 2. The number of methoxy groups -OCH3 is 1. The molecule has 2 amide bonds. The summed E-state index contributed by atoms with van der Waals surface area (Å²) in [5.41, 5.74) is 2.20. The Labute approximate surface area is 159 Å². The molecule has 2 aromatic carbocycles. The van der Waals surface area contributed by atoms with Gasteiger partial charge in [-0.25, -0.2) is 9.59 Å². The van der Waals surface area contributed by atoms with Crippen molar-refractivity contribution in [1.29, 1.82) is 0 Å². The molecule has 3 rings (SSSR count). The van der Waals surface area contributed by atoms with E-state index in [1.807, 2.05) is 36.1 Å². The number of carbonyl (C=O) groups excluding carboxylic acids is 2. The summed E-state index contributed by atoms with van der Waals surface area (Å²) in [6.45, 7) is 3.30. The van der Waals surface area contributed by atoms with Crippen molar-refractivity contribution in [3.05, 3.63) is 59.7 Å². The third-order valence-electron chi connectivity index (χ3n) is 4.65. The lowest BCUT2D eigenvalue weighted by Crippen LogP contribution is -2.34. The monoisotopic (exact) mass is 368 g/mol. The second kappa shape index (κ2) is 8.58. The number of hydrogen-bond acceptors (Lipinski definition) is 4. The molecular weight excluding hydrogens is 344 g/mol. The first-order valence-electron chi connectivity index (χ1n) is 9.11. The molecule has 0 aromatic heterocycles. The first-order valence-corrected chi connectivity index (χ1v) is 9.11. The number of ether oxygens (including phenoxy) is 2. The van der Waals surface area contributed by atoms with Gasteiger partial charge < -0.3 is 19.7 Å². The molecule has 6 nitrogen and oxygen atoms in total. The van der Waals surface area contributed by atoms with Crippen LogP contribution in [0.15, 0.2) is 48.5 Å². The van der Waals surface area contributed by atoms with E-state index in [2.05, 4.69) is 10.1 Å². The van der Waals surface area contributed by atoms with Crippen LogP contribution in [0.2, 0.25) is 0 Å². The van der Waals surface area contributed by atoms with E-state index in [1.54, 1.807) is 24.3 Å². The Morgan fingerprint density at radius 2 is 1.81 bits per heavy atom. The molecule has 0 aliphatic carbocycles. The Balaban J connectivity index is 1.67. The van der Waals surface area contributed by atoms with Crippen molar-refractivity contribution in [2.24, 2.45) is 0 Å². The first kappa shape index (κ1) is 18.8. The van der Waals surface area contributed by atoms with Crippen molar-refractivity contribution < 1.29 is 19.1 Å². The summed E-state index contributed by atoms with van der Waals surface area (Å²) >= 11 is 0. The van der Waals surface area contributed by atoms with Crippen LogP contribution in [-0.4, -0.2) is 37.2 Å². The summed E-state index contributed by atoms with van der Waals surface area (Å²) in [5.74, 6) is 0.434. The van der Waals surface area contributed by atoms with Gasteiger partial charge >= 0.3 is 12.0 Å². The number of rotatable bonds is 5. The van der Waals surface area contributed by atoms with E-state index < -0.39 is 5.97 Å². The van der Waals surface area contributed by atoms with Gasteiger partial charge in [0.1, 0.15) is 5.75 Å². The molecule has 142 valence electrons. The highest BCUT2D eigenvalue weighted by Gasteiger charge is 2.30. The minimum absolute atomic E-state index is 0.0509. The van der Waals surface area contributed by atoms with Crippen LogP contribution in [0.25, 0.3) is 0 Å². The Bertz CT molecular complexity index is 787. The van der Waals surface area contributed by atoms with Gasteiger partial charge in [0, 0.05) is 12.2 Å². The van der Waals surface area contributed by atoms with Crippen LogP contribution in [-0.2, 0) is 4.74 Å². The van der Waals surface area contributed by atoms with Gasteiger partial charge in [0.05, 0.1) is 25.3 Å². The van der Waals surface area contributed by atoms with Gasteiger partial charge in [0.25, 0.3) is 0 Å². The topological polar surface area (TPSA) is 67.9 Å². The smallest absolute Gasteiger partial charge is 0.337 e. The number of nitrogens with zero attached hydrogens (tertiary/aromatic N) is 1. The molecule has 0 spiro atoms. The maximum Gasteiger partial charge on any atom is 0.337 e. The van der Waals surface area contributed by atoms with Crippen LogP contribution < -0.4 is 10.1 Å².